The zero-order valence-electron chi connectivity index (χ0n) is 12.4. The largest absolute Gasteiger partial charge is 0.493 e. The van der Waals surface area contributed by atoms with E-state index in [0.717, 1.165) is 5.56 Å². The Morgan fingerprint density at radius 1 is 1.14 bits per heavy atom. The Labute approximate surface area is 125 Å². The zero-order chi connectivity index (χ0) is 15.3. The van der Waals surface area contributed by atoms with Crippen molar-refractivity contribution in [3.8, 4) is 11.5 Å². The Balaban J connectivity index is 2.01. The number of morpholine rings is 1. The van der Waals surface area contributed by atoms with Gasteiger partial charge in [0.05, 0.1) is 33.2 Å². The summed E-state index contributed by atoms with van der Waals surface area (Å²) >= 11 is 0. The lowest BCUT2D eigenvalue weighted by molar-refractivity contribution is 0.0730. The van der Waals surface area contributed by atoms with Crippen molar-refractivity contribution in [3.63, 3.8) is 0 Å². The van der Waals surface area contributed by atoms with Gasteiger partial charge in [-0.15, -0.1) is 0 Å². The third-order valence-corrected chi connectivity index (χ3v) is 5.33. The van der Waals surface area contributed by atoms with Gasteiger partial charge in [0.2, 0.25) is 10.0 Å². The fourth-order valence-corrected chi connectivity index (χ4v) is 3.69. The molecular weight excluding hydrogens is 294 g/mol. The molecule has 0 spiro atoms. The molecule has 1 aromatic rings. The van der Waals surface area contributed by atoms with Crippen molar-refractivity contribution in [1.82, 2.24) is 4.31 Å². The van der Waals surface area contributed by atoms with Gasteiger partial charge in [-0.2, -0.15) is 4.31 Å². The van der Waals surface area contributed by atoms with E-state index in [1.165, 1.54) is 4.31 Å². The number of benzene rings is 1. The van der Waals surface area contributed by atoms with E-state index in [2.05, 4.69) is 0 Å². The fraction of sp³-hybridized carbons (Fsp3) is 0.571. The van der Waals surface area contributed by atoms with Crippen molar-refractivity contribution in [2.45, 2.75) is 6.42 Å². The van der Waals surface area contributed by atoms with Gasteiger partial charge in [-0.25, -0.2) is 8.42 Å². The second kappa shape index (κ2) is 7.11. The summed E-state index contributed by atoms with van der Waals surface area (Å²) in [5.41, 5.74) is 0.907. The highest BCUT2D eigenvalue weighted by atomic mass is 32.2. The van der Waals surface area contributed by atoms with Gasteiger partial charge < -0.3 is 14.2 Å². The number of aryl methyl sites for hydroxylation is 1. The average molecular weight is 315 g/mol. The molecule has 2 rings (SSSR count). The van der Waals surface area contributed by atoms with Crippen LogP contribution in [-0.4, -0.2) is 59.0 Å². The number of rotatable bonds is 6. The van der Waals surface area contributed by atoms with Crippen LogP contribution in [0.1, 0.15) is 5.56 Å². The van der Waals surface area contributed by atoms with Gasteiger partial charge in [-0.05, 0) is 24.1 Å². The third-order valence-electron chi connectivity index (χ3n) is 3.46. The lowest BCUT2D eigenvalue weighted by Crippen LogP contribution is -2.42. The van der Waals surface area contributed by atoms with Gasteiger partial charge >= 0.3 is 0 Å². The maximum absolute atomic E-state index is 12.3. The predicted molar refractivity (Wildman–Crippen MR) is 79.4 cm³/mol. The minimum absolute atomic E-state index is 0.0858. The summed E-state index contributed by atoms with van der Waals surface area (Å²) in [5, 5.41) is 0. The first-order valence-electron chi connectivity index (χ1n) is 6.83. The summed E-state index contributed by atoms with van der Waals surface area (Å²) < 4.78 is 41.6. The van der Waals surface area contributed by atoms with Crippen molar-refractivity contribution >= 4 is 10.0 Å². The van der Waals surface area contributed by atoms with E-state index < -0.39 is 10.0 Å². The molecule has 1 heterocycles. The van der Waals surface area contributed by atoms with Crippen LogP contribution in [0.4, 0.5) is 0 Å². The summed E-state index contributed by atoms with van der Waals surface area (Å²) in [4.78, 5) is 0. The van der Waals surface area contributed by atoms with Gasteiger partial charge in [-0.3, -0.25) is 0 Å². The Bertz CT molecular complexity index is 567. The molecule has 0 aliphatic carbocycles. The number of nitrogens with zero attached hydrogens (tertiary/aromatic N) is 1. The van der Waals surface area contributed by atoms with E-state index in [1.54, 1.807) is 20.3 Å². The summed E-state index contributed by atoms with van der Waals surface area (Å²) in [6.07, 6.45) is 0.444. The normalized spacial score (nSPS) is 16.7. The van der Waals surface area contributed by atoms with Crippen molar-refractivity contribution in [2.24, 2.45) is 0 Å². The number of hydrogen-bond acceptors (Lipinski definition) is 5. The zero-order valence-corrected chi connectivity index (χ0v) is 13.2. The van der Waals surface area contributed by atoms with Gasteiger partial charge in [-0.1, -0.05) is 6.07 Å². The maximum atomic E-state index is 12.3. The molecule has 0 unspecified atom stereocenters. The summed E-state index contributed by atoms with van der Waals surface area (Å²) in [6.45, 7) is 1.81. The monoisotopic (exact) mass is 315 g/mol. The summed E-state index contributed by atoms with van der Waals surface area (Å²) in [5.74, 6) is 1.33. The highest BCUT2D eigenvalue weighted by molar-refractivity contribution is 7.89. The van der Waals surface area contributed by atoms with E-state index in [9.17, 15) is 8.42 Å². The van der Waals surface area contributed by atoms with E-state index in [1.807, 2.05) is 12.1 Å². The summed E-state index contributed by atoms with van der Waals surface area (Å²) in [7, 11) is -0.104. The molecule has 1 aliphatic rings. The highest BCUT2D eigenvalue weighted by Gasteiger charge is 2.24. The van der Waals surface area contributed by atoms with E-state index in [0.29, 0.717) is 44.2 Å². The minimum atomic E-state index is -3.24. The van der Waals surface area contributed by atoms with Gasteiger partial charge in [0.1, 0.15) is 0 Å². The number of hydrogen-bond donors (Lipinski definition) is 0. The second-order valence-corrected chi connectivity index (χ2v) is 6.86. The Kier molecular flexibility index (Phi) is 5.44. The number of sulfonamides is 1. The second-order valence-electron chi connectivity index (χ2n) is 4.77. The molecule has 7 heteroatoms. The van der Waals surface area contributed by atoms with Gasteiger partial charge in [0, 0.05) is 13.1 Å². The van der Waals surface area contributed by atoms with Crippen LogP contribution in [0, 0.1) is 0 Å². The first-order chi connectivity index (χ1) is 10.1. The molecule has 1 aliphatic heterocycles. The standard InChI is InChI=1S/C14H21NO5S/c1-18-13-4-3-12(11-14(13)19-2)5-10-21(16,17)15-6-8-20-9-7-15/h3-4,11H,5-10H2,1-2H3. The predicted octanol–water partition coefficient (Wildman–Crippen LogP) is 0.908. The molecule has 0 amide bonds. The van der Waals surface area contributed by atoms with Crippen LogP contribution in [0.25, 0.3) is 0 Å². The lowest BCUT2D eigenvalue weighted by atomic mass is 10.1. The molecule has 0 radical (unpaired) electrons. The quantitative estimate of drug-likeness (QED) is 0.781. The molecule has 1 aromatic carbocycles. The SMILES string of the molecule is COc1ccc(CCS(=O)(=O)N2CCOCC2)cc1OC. The first kappa shape index (κ1) is 16.1. The van der Waals surface area contributed by atoms with E-state index >= 15 is 0 Å². The Morgan fingerprint density at radius 2 is 1.81 bits per heavy atom. The van der Waals surface area contributed by atoms with Crippen LogP contribution < -0.4 is 9.47 Å². The third kappa shape index (κ3) is 4.09. The highest BCUT2D eigenvalue weighted by Crippen LogP contribution is 2.27. The lowest BCUT2D eigenvalue weighted by Gasteiger charge is -2.26. The van der Waals surface area contributed by atoms with Gasteiger partial charge in [0.15, 0.2) is 11.5 Å². The fourth-order valence-electron chi connectivity index (χ4n) is 2.24. The Morgan fingerprint density at radius 3 is 2.43 bits per heavy atom. The van der Waals surface area contributed by atoms with Crippen LogP contribution in [-0.2, 0) is 21.2 Å². The summed E-state index contributed by atoms with van der Waals surface area (Å²) in [6, 6.07) is 5.46. The van der Waals surface area contributed by atoms with Crippen molar-refractivity contribution in [3.05, 3.63) is 23.8 Å². The molecular formula is C14H21NO5S. The van der Waals surface area contributed by atoms with Crippen LogP contribution >= 0.6 is 0 Å². The van der Waals surface area contributed by atoms with Crippen LogP contribution in [0.3, 0.4) is 0 Å². The average Bonchev–Trinajstić information content (AvgIpc) is 2.53. The smallest absolute Gasteiger partial charge is 0.214 e. The molecule has 0 atom stereocenters. The maximum Gasteiger partial charge on any atom is 0.214 e. The number of methoxy groups -OCH3 is 2. The molecule has 0 N–H and O–H groups in total. The minimum Gasteiger partial charge on any atom is -0.493 e. The van der Waals surface area contributed by atoms with Crippen LogP contribution in [0.5, 0.6) is 11.5 Å². The van der Waals surface area contributed by atoms with Crippen molar-refractivity contribution in [2.75, 3.05) is 46.3 Å². The van der Waals surface area contributed by atoms with Crippen molar-refractivity contribution in [1.29, 1.82) is 0 Å². The first-order valence-corrected chi connectivity index (χ1v) is 8.44. The van der Waals surface area contributed by atoms with Gasteiger partial charge in [0.25, 0.3) is 0 Å². The molecule has 1 fully saturated rings. The Hall–Kier alpha value is -1.31. The molecule has 118 valence electrons. The van der Waals surface area contributed by atoms with E-state index in [-0.39, 0.29) is 5.75 Å². The molecule has 0 aromatic heterocycles. The molecule has 21 heavy (non-hydrogen) atoms. The number of ether oxygens (including phenoxy) is 3. The van der Waals surface area contributed by atoms with Crippen molar-refractivity contribution < 1.29 is 22.6 Å². The topological polar surface area (TPSA) is 65.1 Å². The molecule has 1 saturated heterocycles. The molecule has 0 saturated carbocycles. The van der Waals surface area contributed by atoms with E-state index in [4.69, 9.17) is 14.2 Å². The molecule has 0 bridgehead atoms. The van der Waals surface area contributed by atoms with Crippen LogP contribution in [0.15, 0.2) is 18.2 Å². The molecule has 6 nitrogen and oxygen atoms in total. The van der Waals surface area contributed by atoms with Crippen LogP contribution in [0.2, 0.25) is 0 Å².